The monoisotopic (exact) mass is 430 g/mol. The quantitative estimate of drug-likeness (QED) is 0.655. The van der Waals surface area contributed by atoms with Crippen molar-refractivity contribution in [2.45, 2.75) is 43.4 Å². The maximum Gasteiger partial charge on any atom is 0.253 e. The fourth-order valence-corrected chi connectivity index (χ4v) is 4.25. The van der Waals surface area contributed by atoms with Gasteiger partial charge < -0.3 is 10.2 Å². The van der Waals surface area contributed by atoms with E-state index in [9.17, 15) is 9.59 Å². The van der Waals surface area contributed by atoms with Crippen LogP contribution in [0, 0.1) is 5.92 Å². The second-order valence-electron chi connectivity index (χ2n) is 7.69. The smallest absolute Gasteiger partial charge is 0.253 e. The van der Waals surface area contributed by atoms with E-state index in [1.807, 2.05) is 67.3 Å². The maximum absolute atomic E-state index is 12.9. The van der Waals surface area contributed by atoms with Crippen LogP contribution in [0.15, 0.2) is 53.4 Å². The summed E-state index contributed by atoms with van der Waals surface area (Å²) in [6, 6.07) is 15.7. The zero-order valence-corrected chi connectivity index (χ0v) is 18.4. The Morgan fingerprint density at radius 2 is 1.83 bits per heavy atom. The average molecular weight is 431 g/mol. The average Bonchev–Trinajstić information content (AvgIpc) is 2.73. The minimum absolute atomic E-state index is 0.0328. The second-order valence-corrected chi connectivity index (χ2v) is 9.18. The van der Waals surface area contributed by atoms with Crippen molar-refractivity contribution in [3.8, 4) is 0 Å². The first-order valence-electron chi connectivity index (χ1n) is 9.99. The largest absolute Gasteiger partial charge is 0.351 e. The molecule has 0 aliphatic carbocycles. The van der Waals surface area contributed by atoms with Crippen molar-refractivity contribution in [2.75, 3.05) is 13.1 Å². The van der Waals surface area contributed by atoms with Gasteiger partial charge in [-0.2, -0.15) is 0 Å². The summed E-state index contributed by atoms with van der Waals surface area (Å²) in [5.41, 5.74) is 1.86. The van der Waals surface area contributed by atoms with Crippen LogP contribution in [0.3, 0.4) is 0 Å². The van der Waals surface area contributed by atoms with Gasteiger partial charge in [0.25, 0.3) is 5.91 Å². The summed E-state index contributed by atoms with van der Waals surface area (Å²) in [5, 5.41) is 3.79. The Morgan fingerprint density at radius 1 is 1.14 bits per heavy atom. The van der Waals surface area contributed by atoms with Gasteiger partial charge in [-0.25, -0.2) is 0 Å². The molecular formula is C23H27ClN2O2S. The lowest BCUT2D eigenvalue weighted by molar-refractivity contribution is -0.125. The number of hydrogen-bond donors (Lipinski definition) is 1. The van der Waals surface area contributed by atoms with Gasteiger partial charge in [-0.15, -0.1) is 11.8 Å². The van der Waals surface area contributed by atoms with Gasteiger partial charge in [0.05, 0.1) is 0 Å². The molecular weight excluding hydrogens is 404 g/mol. The van der Waals surface area contributed by atoms with E-state index < -0.39 is 0 Å². The van der Waals surface area contributed by atoms with Crippen molar-refractivity contribution >= 4 is 35.2 Å². The minimum atomic E-state index is -0.0423. The van der Waals surface area contributed by atoms with E-state index in [1.54, 1.807) is 11.8 Å². The van der Waals surface area contributed by atoms with Crippen LogP contribution < -0.4 is 5.32 Å². The van der Waals surface area contributed by atoms with Crippen LogP contribution in [0.2, 0.25) is 5.02 Å². The highest BCUT2D eigenvalue weighted by atomic mass is 35.5. The van der Waals surface area contributed by atoms with Gasteiger partial charge in [-0.1, -0.05) is 37.6 Å². The Bertz CT molecular complexity index is 837. The molecule has 29 heavy (non-hydrogen) atoms. The van der Waals surface area contributed by atoms with Crippen molar-refractivity contribution in [3.05, 3.63) is 64.7 Å². The Hall–Kier alpha value is -1.98. The van der Waals surface area contributed by atoms with Gasteiger partial charge in [0.15, 0.2) is 0 Å². The molecule has 1 saturated heterocycles. The number of piperidine rings is 1. The Balaban J connectivity index is 1.55. The molecule has 1 unspecified atom stereocenters. The van der Waals surface area contributed by atoms with Crippen LogP contribution in [-0.4, -0.2) is 35.8 Å². The van der Waals surface area contributed by atoms with Crippen LogP contribution in [0.1, 0.15) is 42.6 Å². The van der Waals surface area contributed by atoms with Crippen molar-refractivity contribution in [2.24, 2.45) is 5.92 Å². The summed E-state index contributed by atoms with van der Waals surface area (Å²) in [6.07, 6.45) is 1.83. The zero-order chi connectivity index (χ0) is 20.8. The topological polar surface area (TPSA) is 49.4 Å². The van der Waals surface area contributed by atoms with Gasteiger partial charge in [0.1, 0.15) is 0 Å². The summed E-state index contributed by atoms with van der Waals surface area (Å²) < 4.78 is 0. The third-order valence-corrected chi connectivity index (χ3v) is 6.33. The molecule has 0 radical (unpaired) electrons. The number of nitrogens with one attached hydrogen (secondary N) is 1. The molecule has 0 spiro atoms. The number of thioether (sulfide) groups is 1. The molecule has 1 atom stereocenters. The SMILES string of the molecule is CC(C)C(=O)NC1CCCN(C(=O)c2ccc(CSc3ccc(Cl)cc3)cc2)C1. The molecule has 4 nitrogen and oxygen atoms in total. The van der Waals surface area contributed by atoms with E-state index >= 15 is 0 Å². The Morgan fingerprint density at radius 3 is 2.48 bits per heavy atom. The van der Waals surface area contributed by atoms with Gasteiger partial charge >= 0.3 is 0 Å². The highest BCUT2D eigenvalue weighted by Gasteiger charge is 2.26. The molecule has 0 bridgehead atoms. The lowest BCUT2D eigenvalue weighted by Crippen LogP contribution is -2.50. The molecule has 154 valence electrons. The molecule has 0 aromatic heterocycles. The molecule has 0 saturated carbocycles. The third-order valence-electron chi connectivity index (χ3n) is 5.00. The van der Waals surface area contributed by atoms with E-state index in [1.165, 1.54) is 5.56 Å². The first-order valence-corrected chi connectivity index (χ1v) is 11.4. The number of benzene rings is 2. The Labute approximate surface area is 182 Å². The first kappa shape index (κ1) is 21.7. The fraction of sp³-hybridized carbons (Fsp3) is 0.391. The van der Waals surface area contributed by atoms with Crippen molar-refractivity contribution < 1.29 is 9.59 Å². The molecule has 1 aliphatic heterocycles. The van der Waals surface area contributed by atoms with Gasteiger partial charge in [-0.05, 0) is 54.8 Å². The number of likely N-dealkylation sites (tertiary alicyclic amines) is 1. The molecule has 1 aliphatic rings. The predicted molar refractivity (Wildman–Crippen MR) is 119 cm³/mol. The molecule has 2 aromatic carbocycles. The number of hydrogen-bond acceptors (Lipinski definition) is 3. The zero-order valence-electron chi connectivity index (χ0n) is 16.9. The minimum Gasteiger partial charge on any atom is -0.351 e. The fourth-order valence-electron chi connectivity index (χ4n) is 3.27. The van der Waals surface area contributed by atoms with Gasteiger partial charge in [0.2, 0.25) is 5.91 Å². The summed E-state index contributed by atoms with van der Waals surface area (Å²) in [4.78, 5) is 27.9. The van der Waals surface area contributed by atoms with Gasteiger partial charge in [0, 0.05) is 46.3 Å². The van der Waals surface area contributed by atoms with Crippen LogP contribution in [0.4, 0.5) is 0 Å². The lowest BCUT2D eigenvalue weighted by Gasteiger charge is -2.33. The predicted octanol–water partition coefficient (Wildman–Crippen LogP) is 5.01. The molecule has 2 amide bonds. The molecule has 3 rings (SSSR count). The highest BCUT2D eigenvalue weighted by Crippen LogP contribution is 2.24. The number of amides is 2. The third kappa shape index (κ3) is 6.25. The van der Waals surface area contributed by atoms with Gasteiger partial charge in [-0.3, -0.25) is 9.59 Å². The van der Waals surface area contributed by atoms with E-state index in [4.69, 9.17) is 11.6 Å². The Kier molecular flexibility index (Phi) is 7.62. The molecule has 1 N–H and O–H groups in total. The maximum atomic E-state index is 12.9. The number of carbonyl (C=O) groups is 2. The van der Waals surface area contributed by atoms with Crippen LogP contribution in [-0.2, 0) is 10.5 Å². The van der Waals surface area contributed by atoms with E-state index in [-0.39, 0.29) is 23.8 Å². The molecule has 1 fully saturated rings. The molecule has 6 heteroatoms. The van der Waals surface area contributed by atoms with Crippen LogP contribution in [0.25, 0.3) is 0 Å². The lowest BCUT2D eigenvalue weighted by atomic mass is 10.0. The van der Waals surface area contributed by atoms with Crippen molar-refractivity contribution in [1.29, 1.82) is 0 Å². The number of rotatable bonds is 6. The second kappa shape index (κ2) is 10.2. The van der Waals surface area contributed by atoms with E-state index in [0.717, 1.165) is 35.1 Å². The highest BCUT2D eigenvalue weighted by molar-refractivity contribution is 7.98. The summed E-state index contributed by atoms with van der Waals surface area (Å²) >= 11 is 7.66. The first-order chi connectivity index (χ1) is 13.9. The summed E-state index contributed by atoms with van der Waals surface area (Å²) in [6.45, 7) is 5.08. The standard InChI is InChI=1S/C23H27ClN2O2S/c1-16(2)22(27)25-20-4-3-13-26(14-20)23(28)18-7-5-17(6-8-18)15-29-21-11-9-19(24)10-12-21/h5-12,16,20H,3-4,13-15H2,1-2H3,(H,25,27). The van der Waals surface area contributed by atoms with E-state index in [2.05, 4.69) is 5.32 Å². The van der Waals surface area contributed by atoms with E-state index in [0.29, 0.717) is 12.1 Å². The number of carbonyl (C=O) groups excluding carboxylic acids is 2. The molecule has 2 aromatic rings. The number of halogens is 1. The number of nitrogens with zero attached hydrogens (tertiary/aromatic N) is 1. The molecule has 1 heterocycles. The van der Waals surface area contributed by atoms with Crippen LogP contribution >= 0.6 is 23.4 Å². The van der Waals surface area contributed by atoms with Crippen LogP contribution in [0.5, 0.6) is 0 Å². The van der Waals surface area contributed by atoms with Crippen molar-refractivity contribution in [1.82, 2.24) is 10.2 Å². The normalized spacial score (nSPS) is 16.7. The summed E-state index contributed by atoms with van der Waals surface area (Å²) in [7, 11) is 0. The summed E-state index contributed by atoms with van der Waals surface area (Å²) in [5.74, 6) is 0.875. The van der Waals surface area contributed by atoms with Crippen molar-refractivity contribution in [3.63, 3.8) is 0 Å².